The maximum Gasteiger partial charge on any atom is 0.165 e. The van der Waals surface area contributed by atoms with E-state index in [1.165, 1.54) is 0 Å². The molecule has 2 rings (SSSR count). The van der Waals surface area contributed by atoms with Gasteiger partial charge in [0.1, 0.15) is 11.8 Å². The van der Waals surface area contributed by atoms with Gasteiger partial charge in [0, 0.05) is 13.6 Å². The Morgan fingerprint density at radius 3 is 3.00 bits per heavy atom. The van der Waals surface area contributed by atoms with Gasteiger partial charge >= 0.3 is 0 Å². The summed E-state index contributed by atoms with van der Waals surface area (Å²) in [5, 5.41) is 3.14. The standard InChI is InChI=1S/C8H11N5/c1-3-9-7-6-8(11-4-10-7)13(2)5-12-6/h4-5H,3H2,1-2H3,(H,9,10,11). The van der Waals surface area contributed by atoms with Crippen LogP contribution in [0.15, 0.2) is 12.7 Å². The fourth-order valence-corrected chi connectivity index (χ4v) is 1.24. The molecule has 0 aliphatic rings. The predicted molar refractivity (Wildman–Crippen MR) is 50.5 cm³/mol. The zero-order valence-corrected chi connectivity index (χ0v) is 7.65. The van der Waals surface area contributed by atoms with Gasteiger partial charge in [0.2, 0.25) is 0 Å². The summed E-state index contributed by atoms with van der Waals surface area (Å²) in [4.78, 5) is 12.5. The van der Waals surface area contributed by atoms with Crippen LogP contribution in [0.4, 0.5) is 5.82 Å². The highest BCUT2D eigenvalue weighted by Gasteiger charge is 2.05. The maximum absolute atomic E-state index is 4.21. The van der Waals surface area contributed by atoms with Crippen molar-refractivity contribution in [2.24, 2.45) is 7.05 Å². The summed E-state index contributed by atoms with van der Waals surface area (Å²) in [5.41, 5.74) is 1.68. The van der Waals surface area contributed by atoms with Crippen LogP contribution in [0.3, 0.4) is 0 Å². The summed E-state index contributed by atoms with van der Waals surface area (Å²) < 4.78 is 1.87. The Morgan fingerprint density at radius 2 is 2.23 bits per heavy atom. The first-order valence-electron chi connectivity index (χ1n) is 4.19. The zero-order chi connectivity index (χ0) is 9.26. The first kappa shape index (κ1) is 7.97. The first-order valence-corrected chi connectivity index (χ1v) is 4.19. The van der Waals surface area contributed by atoms with E-state index in [0.717, 1.165) is 23.5 Å². The van der Waals surface area contributed by atoms with Gasteiger partial charge in [-0.2, -0.15) is 0 Å². The molecule has 5 heteroatoms. The van der Waals surface area contributed by atoms with Gasteiger partial charge in [-0.25, -0.2) is 15.0 Å². The van der Waals surface area contributed by atoms with Gasteiger partial charge < -0.3 is 9.88 Å². The van der Waals surface area contributed by atoms with Gasteiger partial charge in [-0.05, 0) is 6.92 Å². The van der Waals surface area contributed by atoms with Crippen LogP contribution in [0, 0.1) is 0 Å². The SMILES string of the molecule is CCNc1ncnc2c1ncn2C. The molecule has 2 heterocycles. The predicted octanol–water partition coefficient (Wildman–Crippen LogP) is 0.795. The molecule has 2 aromatic rings. The van der Waals surface area contributed by atoms with Crippen LogP contribution in [0.2, 0.25) is 0 Å². The number of anilines is 1. The molecular weight excluding hydrogens is 166 g/mol. The van der Waals surface area contributed by atoms with E-state index in [1.54, 1.807) is 12.7 Å². The second kappa shape index (κ2) is 3.01. The van der Waals surface area contributed by atoms with Crippen molar-refractivity contribution in [3.63, 3.8) is 0 Å². The molecule has 0 fully saturated rings. The fraction of sp³-hybridized carbons (Fsp3) is 0.375. The van der Waals surface area contributed by atoms with Crippen LogP contribution < -0.4 is 5.32 Å². The van der Waals surface area contributed by atoms with E-state index in [2.05, 4.69) is 20.3 Å². The molecular formula is C8H11N5. The molecule has 68 valence electrons. The summed E-state index contributed by atoms with van der Waals surface area (Å²) in [6.45, 7) is 2.86. The Kier molecular flexibility index (Phi) is 1.84. The summed E-state index contributed by atoms with van der Waals surface area (Å²) in [5.74, 6) is 0.799. The Labute approximate surface area is 75.8 Å². The third-order valence-corrected chi connectivity index (χ3v) is 1.84. The number of fused-ring (bicyclic) bond motifs is 1. The Hall–Kier alpha value is -1.65. The van der Waals surface area contributed by atoms with Gasteiger partial charge in [0.05, 0.1) is 6.33 Å². The van der Waals surface area contributed by atoms with Crippen molar-refractivity contribution in [1.29, 1.82) is 0 Å². The number of aromatic nitrogens is 4. The normalized spacial score (nSPS) is 10.6. The molecule has 0 unspecified atom stereocenters. The Bertz CT molecular complexity index is 419. The minimum Gasteiger partial charge on any atom is -0.368 e. The highest BCUT2D eigenvalue weighted by Crippen LogP contribution is 2.15. The topological polar surface area (TPSA) is 55.6 Å². The van der Waals surface area contributed by atoms with E-state index in [0.29, 0.717) is 0 Å². The van der Waals surface area contributed by atoms with E-state index in [4.69, 9.17) is 0 Å². The second-order valence-corrected chi connectivity index (χ2v) is 2.78. The first-order chi connectivity index (χ1) is 6.33. The molecule has 0 aliphatic heterocycles. The lowest BCUT2D eigenvalue weighted by Crippen LogP contribution is -2.00. The monoisotopic (exact) mass is 177 g/mol. The fourth-order valence-electron chi connectivity index (χ4n) is 1.24. The van der Waals surface area contributed by atoms with Crippen molar-refractivity contribution in [1.82, 2.24) is 19.5 Å². The molecule has 0 bridgehead atoms. The number of hydrogen-bond donors (Lipinski definition) is 1. The van der Waals surface area contributed by atoms with Crippen molar-refractivity contribution < 1.29 is 0 Å². The highest BCUT2D eigenvalue weighted by atomic mass is 15.1. The van der Waals surface area contributed by atoms with Crippen LogP contribution in [-0.2, 0) is 7.05 Å². The van der Waals surface area contributed by atoms with Crippen LogP contribution in [-0.4, -0.2) is 26.1 Å². The van der Waals surface area contributed by atoms with Crippen molar-refractivity contribution in [2.45, 2.75) is 6.92 Å². The molecule has 0 saturated carbocycles. The number of nitrogens with one attached hydrogen (secondary N) is 1. The third-order valence-electron chi connectivity index (χ3n) is 1.84. The van der Waals surface area contributed by atoms with Crippen molar-refractivity contribution in [3.8, 4) is 0 Å². The van der Waals surface area contributed by atoms with Crippen LogP contribution in [0.1, 0.15) is 6.92 Å². The Balaban J connectivity index is 2.63. The molecule has 0 radical (unpaired) electrons. The molecule has 0 spiro atoms. The van der Waals surface area contributed by atoms with E-state index in [1.807, 2.05) is 18.5 Å². The van der Waals surface area contributed by atoms with E-state index in [9.17, 15) is 0 Å². The van der Waals surface area contributed by atoms with Crippen LogP contribution in [0.5, 0.6) is 0 Å². The van der Waals surface area contributed by atoms with Crippen molar-refractivity contribution in [2.75, 3.05) is 11.9 Å². The average molecular weight is 177 g/mol. The van der Waals surface area contributed by atoms with Crippen LogP contribution in [0.25, 0.3) is 11.2 Å². The highest BCUT2D eigenvalue weighted by molar-refractivity contribution is 5.82. The van der Waals surface area contributed by atoms with Gasteiger partial charge in [-0.1, -0.05) is 0 Å². The minimum atomic E-state index is 0.799. The minimum absolute atomic E-state index is 0.799. The third kappa shape index (κ3) is 1.22. The molecule has 0 aliphatic carbocycles. The molecule has 1 N–H and O–H groups in total. The lowest BCUT2D eigenvalue weighted by molar-refractivity contribution is 0.928. The molecule has 0 atom stereocenters. The van der Waals surface area contributed by atoms with Gasteiger partial charge in [-0.3, -0.25) is 0 Å². The maximum atomic E-state index is 4.21. The number of hydrogen-bond acceptors (Lipinski definition) is 4. The molecule has 0 aromatic carbocycles. The molecule has 5 nitrogen and oxygen atoms in total. The second-order valence-electron chi connectivity index (χ2n) is 2.78. The largest absolute Gasteiger partial charge is 0.368 e. The summed E-state index contributed by atoms with van der Waals surface area (Å²) in [6, 6.07) is 0. The molecule has 13 heavy (non-hydrogen) atoms. The molecule has 2 aromatic heterocycles. The van der Waals surface area contributed by atoms with Crippen molar-refractivity contribution >= 4 is 17.0 Å². The number of aryl methyl sites for hydroxylation is 1. The quantitative estimate of drug-likeness (QED) is 0.737. The van der Waals surface area contributed by atoms with Crippen LogP contribution >= 0.6 is 0 Å². The van der Waals surface area contributed by atoms with E-state index >= 15 is 0 Å². The average Bonchev–Trinajstić information content (AvgIpc) is 2.50. The Morgan fingerprint density at radius 1 is 1.38 bits per heavy atom. The van der Waals surface area contributed by atoms with E-state index < -0.39 is 0 Å². The van der Waals surface area contributed by atoms with Gasteiger partial charge in [0.25, 0.3) is 0 Å². The van der Waals surface area contributed by atoms with E-state index in [-0.39, 0.29) is 0 Å². The van der Waals surface area contributed by atoms with Gasteiger partial charge in [0.15, 0.2) is 11.5 Å². The molecule has 0 amide bonds. The van der Waals surface area contributed by atoms with Crippen molar-refractivity contribution in [3.05, 3.63) is 12.7 Å². The van der Waals surface area contributed by atoms with Gasteiger partial charge in [-0.15, -0.1) is 0 Å². The smallest absolute Gasteiger partial charge is 0.165 e. The number of imidazole rings is 1. The summed E-state index contributed by atoms with van der Waals surface area (Å²) >= 11 is 0. The number of rotatable bonds is 2. The lowest BCUT2D eigenvalue weighted by Gasteiger charge is -2.01. The molecule has 0 saturated heterocycles. The summed E-state index contributed by atoms with van der Waals surface area (Å²) in [7, 11) is 1.91. The number of nitrogens with zero attached hydrogens (tertiary/aromatic N) is 4. The lowest BCUT2D eigenvalue weighted by atomic mass is 10.5. The summed E-state index contributed by atoms with van der Waals surface area (Å²) in [6.07, 6.45) is 3.28. The zero-order valence-electron chi connectivity index (χ0n) is 7.65.